The number of hydrogen-bond donors (Lipinski definition) is 1. The second kappa shape index (κ2) is 7.20. The quantitative estimate of drug-likeness (QED) is 0.800. The van der Waals surface area contributed by atoms with E-state index in [-0.39, 0.29) is 11.7 Å². The number of sulfonamides is 1. The third-order valence-electron chi connectivity index (χ3n) is 5.29. The van der Waals surface area contributed by atoms with Gasteiger partial charge in [0.2, 0.25) is 15.9 Å². The number of hydrogen-bond acceptors (Lipinski definition) is 3. The minimum Gasteiger partial charge on any atom is -0.310 e. The molecule has 0 aromatic heterocycles. The zero-order chi connectivity index (χ0) is 19.9. The second-order valence-electron chi connectivity index (χ2n) is 7.71. The molecule has 0 bridgehead atoms. The van der Waals surface area contributed by atoms with Crippen LogP contribution in [0.25, 0.3) is 0 Å². The largest absolute Gasteiger partial charge is 0.310 e. The average molecular weight is 402 g/mol. The molecular weight excluding hydrogens is 379 g/mol. The molecule has 28 heavy (non-hydrogen) atoms. The first-order chi connectivity index (χ1) is 13.3. The summed E-state index contributed by atoms with van der Waals surface area (Å²) in [5.74, 6) is -0.225. The van der Waals surface area contributed by atoms with Gasteiger partial charge in [-0.05, 0) is 60.9 Å². The lowest BCUT2D eigenvalue weighted by Crippen LogP contribution is -2.37. The highest BCUT2D eigenvalue weighted by molar-refractivity contribution is 7.91. The van der Waals surface area contributed by atoms with Gasteiger partial charge in [0.05, 0.1) is 17.1 Å². The minimum absolute atomic E-state index is 0.0339. The topological polar surface area (TPSA) is 66.5 Å². The Morgan fingerprint density at radius 3 is 2.68 bits per heavy atom. The predicted molar refractivity (Wildman–Crippen MR) is 107 cm³/mol. The van der Waals surface area contributed by atoms with Crippen LogP contribution in [0.15, 0.2) is 36.4 Å². The van der Waals surface area contributed by atoms with E-state index >= 15 is 0 Å². The zero-order valence-corrected chi connectivity index (χ0v) is 16.6. The lowest BCUT2D eigenvalue weighted by molar-refractivity contribution is -0.118. The number of carbonyl (C=O) groups is 1. The summed E-state index contributed by atoms with van der Waals surface area (Å²) in [4.78, 5) is 14.2. The third-order valence-corrected chi connectivity index (χ3v) is 6.54. The van der Waals surface area contributed by atoms with Gasteiger partial charge in [0.1, 0.15) is 5.82 Å². The number of fused-ring (bicyclic) bond motifs is 1. The minimum atomic E-state index is -3.76. The summed E-state index contributed by atoms with van der Waals surface area (Å²) < 4.78 is 41.9. The molecule has 1 fully saturated rings. The van der Waals surface area contributed by atoms with Gasteiger partial charge in [0.15, 0.2) is 0 Å². The first-order valence-electron chi connectivity index (χ1n) is 9.50. The van der Waals surface area contributed by atoms with Gasteiger partial charge in [-0.15, -0.1) is 0 Å². The van der Waals surface area contributed by atoms with Gasteiger partial charge >= 0.3 is 0 Å². The number of aryl methyl sites for hydroxylation is 2. The molecule has 148 valence electrons. The fourth-order valence-electron chi connectivity index (χ4n) is 3.60. The van der Waals surface area contributed by atoms with E-state index < -0.39 is 15.8 Å². The molecule has 2 aliphatic rings. The van der Waals surface area contributed by atoms with E-state index in [4.69, 9.17) is 0 Å². The van der Waals surface area contributed by atoms with Crippen molar-refractivity contribution in [2.75, 3.05) is 16.2 Å². The van der Waals surface area contributed by atoms with Gasteiger partial charge in [-0.3, -0.25) is 9.52 Å². The van der Waals surface area contributed by atoms with Crippen LogP contribution in [0.1, 0.15) is 36.0 Å². The molecule has 1 saturated carbocycles. The monoisotopic (exact) mass is 402 g/mol. The Morgan fingerprint density at radius 1 is 1.18 bits per heavy atom. The highest BCUT2D eigenvalue weighted by atomic mass is 32.2. The maximum absolute atomic E-state index is 13.8. The molecule has 2 aromatic rings. The van der Waals surface area contributed by atoms with E-state index in [2.05, 4.69) is 4.72 Å². The molecular formula is C21H23FN2O3S. The number of amides is 1. The standard InChI is InChI=1S/C21H23FN2O3S/c1-14-5-6-16(11-18(14)22)13-28(26,27)23-19-4-2-3-17-9-10-20(25)24(21(17)19)12-15-7-8-15/h2-6,11,15,23H,7-10,12-13H2,1H3. The Balaban J connectivity index is 1.62. The summed E-state index contributed by atoms with van der Waals surface area (Å²) in [5.41, 5.74) is 2.91. The van der Waals surface area contributed by atoms with Gasteiger partial charge in [-0.1, -0.05) is 24.3 Å². The fraction of sp³-hybridized carbons (Fsp3) is 0.381. The molecule has 7 heteroatoms. The van der Waals surface area contributed by atoms with E-state index in [9.17, 15) is 17.6 Å². The van der Waals surface area contributed by atoms with E-state index in [0.717, 1.165) is 18.4 Å². The summed E-state index contributed by atoms with van der Waals surface area (Å²) in [6.07, 6.45) is 3.25. The van der Waals surface area contributed by atoms with Crippen molar-refractivity contribution >= 4 is 27.3 Å². The van der Waals surface area contributed by atoms with Crippen molar-refractivity contribution in [1.29, 1.82) is 0 Å². The van der Waals surface area contributed by atoms with E-state index in [0.29, 0.717) is 47.8 Å². The van der Waals surface area contributed by atoms with E-state index in [1.165, 1.54) is 6.07 Å². The number of rotatable bonds is 6. The number of benzene rings is 2. The smallest absolute Gasteiger partial charge is 0.236 e. The summed E-state index contributed by atoms with van der Waals surface area (Å²) in [5, 5.41) is 0. The molecule has 1 amide bonds. The summed E-state index contributed by atoms with van der Waals surface area (Å²) >= 11 is 0. The lowest BCUT2D eigenvalue weighted by Gasteiger charge is -2.31. The Morgan fingerprint density at radius 2 is 1.96 bits per heavy atom. The summed E-state index contributed by atoms with van der Waals surface area (Å²) in [6, 6.07) is 9.85. The Hall–Kier alpha value is -2.41. The predicted octanol–water partition coefficient (Wildman–Crippen LogP) is 3.77. The van der Waals surface area contributed by atoms with Crippen LogP contribution in [0.5, 0.6) is 0 Å². The van der Waals surface area contributed by atoms with Crippen molar-refractivity contribution in [2.24, 2.45) is 5.92 Å². The number of carbonyl (C=O) groups excluding carboxylic acids is 1. The van der Waals surface area contributed by atoms with Crippen LogP contribution < -0.4 is 9.62 Å². The number of nitrogens with one attached hydrogen (secondary N) is 1. The van der Waals surface area contributed by atoms with Gasteiger partial charge < -0.3 is 4.90 Å². The molecule has 4 rings (SSSR count). The van der Waals surface area contributed by atoms with Gasteiger partial charge in [-0.25, -0.2) is 12.8 Å². The summed E-state index contributed by atoms with van der Waals surface area (Å²) in [7, 11) is -3.76. The SMILES string of the molecule is Cc1ccc(CS(=O)(=O)Nc2cccc3c2N(CC2CC2)C(=O)CC3)cc1F. The average Bonchev–Trinajstić information content (AvgIpc) is 3.44. The van der Waals surface area contributed by atoms with Crippen LogP contribution in [0, 0.1) is 18.7 Å². The molecule has 0 spiro atoms. The summed E-state index contributed by atoms with van der Waals surface area (Å²) in [6.45, 7) is 2.27. The molecule has 1 heterocycles. The molecule has 1 aliphatic heterocycles. The van der Waals surface area contributed by atoms with Crippen molar-refractivity contribution in [2.45, 2.75) is 38.4 Å². The Kier molecular flexibility index (Phi) is 4.87. The Labute approximate surface area is 164 Å². The van der Waals surface area contributed by atoms with Gasteiger partial charge in [0, 0.05) is 13.0 Å². The molecule has 2 aromatic carbocycles. The van der Waals surface area contributed by atoms with Crippen LogP contribution in [-0.4, -0.2) is 20.9 Å². The van der Waals surface area contributed by atoms with Crippen molar-refractivity contribution in [1.82, 2.24) is 0 Å². The van der Waals surface area contributed by atoms with Crippen molar-refractivity contribution in [3.63, 3.8) is 0 Å². The zero-order valence-electron chi connectivity index (χ0n) is 15.7. The van der Waals surface area contributed by atoms with Crippen LogP contribution in [0.2, 0.25) is 0 Å². The number of para-hydroxylation sites is 1. The van der Waals surface area contributed by atoms with Crippen LogP contribution in [-0.2, 0) is 27.0 Å². The first-order valence-corrected chi connectivity index (χ1v) is 11.2. The normalized spacial score (nSPS) is 16.8. The van der Waals surface area contributed by atoms with E-state index in [1.54, 1.807) is 36.1 Å². The molecule has 0 saturated heterocycles. The molecule has 1 N–H and O–H groups in total. The maximum atomic E-state index is 13.8. The fourth-order valence-corrected chi connectivity index (χ4v) is 4.79. The number of nitrogens with zero attached hydrogens (tertiary/aromatic N) is 1. The molecule has 0 radical (unpaired) electrons. The molecule has 0 atom stereocenters. The highest BCUT2D eigenvalue weighted by Crippen LogP contribution is 2.39. The molecule has 0 unspecified atom stereocenters. The number of anilines is 2. The van der Waals surface area contributed by atoms with Crippen molar-refractivity contribution in [3.05, 3.63) is 58.9 Å². The van der Waals surface area contributed by atoms with E-state index in [1.807, 2.05) is 6.07 Å². The molecule has 5 nitrogen and oxygen atoms in total. The molecule has 1 aliphatic carbocycles. The van der Waals surface area contributed by atoms with Gasteiger partial charge in [0.25, 0.3) is 0 Å². The van der Waals surface area contributed by atoms with Crippen LogP contribution >= 0.6 is 0 Å². The third kappa shape index (κ3) is 4.04. The van der Waals surface area contributed by atoms with Crippen LogP contribution in [0.3, 0.4) is 0 Å². The maximum Gasteiger partial charge on any atom is 0.236 e. The number of halogens is 1. The first kappa shape index (κ1) is 18.9. The second-order valence-corrected chi connectivity index (χ2v) is 9.43. The highest BCUT2D eigenvalue weighted by Gasteiger charge is 2.33. The van der Waals surface area contributed by atoms with Crippen LogP contribution in [0.4, 0.5) is 15.8 Å². The lowest BCUT2D eigenvalue weighted by atomic mass is 9.99. The Bertz CT molecular complexity index is 1030. The van der Waals surface area contributed by atoms with Crippen molar-refractivity contribution < 1.29 is 17.6 Å². The van der Waals surface area contributed by atoms with Crippen molar-refractivity contribution in [3.8, 4) is 0 Å². The van der Waals surface area contributed by atoms with Gasteiger partial charge in [-0.2, -0.15) is 0 Å².